The number of imidazole rings is 1. The third-order valence-corrected chi connectivity index (χ3v) is 5.00. The second kappa shape index (κ2) is 9.19. The lowest BCUT2D eigenvalue weighted by Gasteiger charge is -2.19. The number of rotatable bonds is 7. The van der Waals surface area contributed by atoms with E-state index >= 15 is 0 Å². The van der Waals surface area contributed by atoms with Crippen LogP contribution in [0.5, 0.6) is 0 Å². The number of nitriles is 1. The van der Waals surface area contributed by atoms with Gasteiger partial charge in [-0.15, -0.1) is 0 Å². The van der Waals surface area contributed by atoms with E-state index < -0.39 is 12.6 Å². The van der Waals surface area contributed by atoms with Crippen LogP contribution in [0.15, 0.2) is 43.2 Å². The summed E-state index contributed by atoms with van der Waals surface area (Å²) >= 11 is 0. The third kappa shape index (κ3) is 5.50. The van der Waals surface area contributed by atoms with E-state index in [-0.39, 0.29) is 18.3 Å². The molecule has 1 fully saturated rings. The van der Waals surface area contributed by atoms with Gasteiger partial charge in [-0.2, -0.15) is 18.4 Å². The molecule has 1 saturated heterocycles. The fourth-order valence-electron chi connectivity index (χ4n) is 3.39. The molecule has 0 spiro atoms. The van der Waals surface area contributed by atoms with E-state index in [1.165, 1.54) is 12.4 Å². The normalized spacial score (nSPS) is 16.2. The average Bonchev–Trinajstić information content (AvgIpc) is 3.44. The van der Waals surface area contributed by atoms with Crippen LogP contribution in [-0.2, 0) is 0 Å². The van der Waals surface area contributed by atoms with Gasteiger partial charge in [0.2, 0.25) is 0 Å². The van der Waals surface area contributed by atoms with Crippen LogP contribution in [-0.4, -0.2) is 56.4 Å². The first-order valence-corrected chi connectivity index (χ1v) is 9.94. The molecule has 0 amide bonds. The molecule has 0 aliphatic carbocycles. The number of hydrogen-bond donors (Lipinski definition) is 2. The largest absolute Gasteiger partial charge is 0.390 e. The Labute approximate surface area is 182 Å². The molecule has 4 rings (SSSR count). The number of pyridine rings is 1. The molecule has 0 saturated carbocycles. The topological polar surface area (TPSA) is 108 Å². The lowest BCUT2D eigenvalue weighted by molar-refractivity contribution is -0.133. The number of anilines is 3. The maximum absolute atomic E-state index is 12.3. The summed E-state index contributed by atoms with van der Waals surface area (Å²) in [6, 6.07) is 5.72. The summed E-state index contributed by atoms with van der Waals surface area (Å²) in [5.41, 5.74) is 1.15. The highest BCUT2D eigenvalue weighted by Gasteiger charge is 2.28. The van der Waals surface area contributed by atoms with Crippen LogP contribution in [0.2, 0.25) is 0 Å². The maximum atomic E-state index is 12.3. The van der Waals surface area contributed by atoms with Gasteiger partial charge in [0.1, 0.15) is 29.9 Å². The summed E-state index contributed by atoms with van der Waals surface area (Å²) in [4.78, 5) is 18.9. The SMILES string of the molecule is N#Cc1cnc(Nc2cn(-c3ccc(N4CC[C@@H](NCCC(F)(F)F)C4)cn3)cn2)cn1. The van der Waals surface area contributed by atoms with E-state index in [0.29, 0.717) is 24.0 Å². The van der Waals surface area contributed by atoms with Crippen molar-refractivity contribution in [2.75, 3.05) is 29.9 Å². The van der Waals surface area contributed by atoms with Gasteiger partial charge in [-0.25, -0.2) is 19.9 Å². The Morgan fingerprint density at radius 2 is 1.97 bits per heavy atom. The highest BCUT2D eigenvalue weighted by atomic mass is 19.4. The van der Waals surface area contributed by atoms with Gasteiger partial charge in [0.05, 0.1) is 36.9 Å². The van der Waals surface area contributed by atoms with Gasteiger partial charge < -0.3 is 15.5 Å². The van der Waals surface area contributed by atoms with Gasteiger partial charge in [-0.3, -0.25) is 4.57 Å². The smallest absolute Gasteiger partial charge is 0.369 e. The molecular formula is C20H20F3N9. The highest BCUT2D eigenvalue weighted by molar-refractivity contribution is 5.51. The lowest BCUT2D eigenvalue weighted by atomic mass is 10.2. The number of halogens is 3. The Morgan fingerprint density at radius 1 is 1.09 bits per heavy atom. The third-order valence-electron chi connectivity index (χ3n) is 5.00. The molecule has 0 aromatic carbocycles. The minimum atomic E-state index is -4.14. The van der Waals surface area contributed by atoms with Crippen molar-refractivity contribution in [2.45, 2.75) is 25.1 Å². The lowest BCUT2D eigenvalue weighted by Crippen LogP contribution is -2.34. The summed E-state index contributed by atoms with van der Waals surface area (Å²) in [6.45, 7) is 1.34. The minimum Gasteiger partial charge on any atom is -0.369 e. The molecule has 2 N–H and O–H groups in total. The fourth-order valence-corrected chi connectivity index (χ4v) is 3.39. The van der Waals surface area contributed by atoms with Crippen molar-refractivity contribution in [1.82, 2.24) is 29.8 Å². The Balaban J connectivity index is 1.32. The van der Waals surface area contributed by atoms with Crippen LogP contribution >= 0.6 is 0 Å². The molecule has 4 heterocycles. The fraction of sp³-hybridized carbons (Fsp3) is 0.350. The number of nitrogens with one attached hydrogen (secondary N) is 2. The van der Waals surface area contributed by atoms with Crippen molar-refractivity contribution in [3.8, 4) is 11.9 Å². The minimum absolute atomic E-state index is 0.0321. The van der Waals surface area contributed by atoms with Gasteiger partial charge in [0.15, 0.2) is 5.69 Å². The number of aromatic nitrogens is 5. The number of hydrogen-bond acceptors (Lipinski definition) is 8. The zero-order valence-electron chi connectivity index (χ0n) is 16.9. The second-order valence-electron chi connectivity index (χ2n) is 7.32. The Morgan fingerprint density at radius 3 is 2.66 bits per heavy atom. The molecule has 12 heteroatoms. The molecule has 32 heavy (non-hydrogen) atoms. The summed E-state index contributed by atoms with van der Waals surface area (Å²) in [7, 11) is 0. The summed E-state index contributed by atoms with van der Waals surface area (Å²) in [5, 5.41) is 14.8. The van der Waals surface area contributed by atoms with E-state index in [0.717, 1.165) is 18.7 Å². The monoisotopic (exact) mass is 443 g/mol. The zero-order chi connectivity index (χ0) is 22.6. The van der Waals surface area contributed by atoms with Crippen molar-refractivity contribution in [2.24, 2.45) is 0 Å². The van der Waals surface area contributed by atoms with Gasteiger partial charge in [-0.05, 0) is 18.6 Å². The molecule has 1 aliphatic rings. The van der Waals surface area contributed by atoms with Gasteiger partial charge in [0, 0.05) is 25.7 Å². The molecule has 0 unspecified atom stereocenters. The molecule has 3 aromatic heterocycles. The predicted molar refractivity (Wildman–Crippen MR) is 111 cm³/mol. The molecule has 0 bridgehead atoms. The number of alkyl halides is 3. The first-order chi connectivity index (χ1) is 15.4. The van der Waals surface area contributed by atoms with Gasteiger partial charge in [-0.1, -0.05) is 0 Å². The summed E-state index contributed by atoms with van der Waals surface area (Å²) in [6.07, 6.45) is 3.75. The van der Waals surface area contributed by atoms with E-state index in [1.54, 1.807) is 23.3 Å². The van der Waals surface area contributed by atoms with Crippen LogP contribution in [0, 0.1) is 11.3 Å². The molecule has 166 valence electrons. The van der Waals surface area contributed by atoms with Crippen LogP contribution in [0.25, 0.3) is 5.82 Å². The Hall–Kier alpha value is -3.72. The van der Waals surface area contributed by atoms with Crippen molar-refractivity contribution in [1.29, 1.82) is 5.26 Å². The van der Waals surface area contributed by atoms with E-state index in [4.69, 9.17) is 5.26 Å². The first kappa shape index (κ1) is 21.5. The van der Waals surface area contributed by atoms with Crippen LogP contribution in [0.3, 0.4) is 0 Å². The summed E-state index contributed by atoms with van der Waals surface area (Å²) in [5.74, 6) is 1.67. The molecule has 3 aromatic rings. The van der Waals surface area contributed by atoms with Crippen molar-refractivity contribution < 1.29 is 13.2 Å². The average molecular weight is 443 g/mol. The predicted octanol–water partition coefficient (Wildman–Crippen LogP) is 2.79. The Bertz CT molecular complexity index is 1070. The first-order valence-electron chi connectivity index (χ1n) is 9.94. The van der Waals surface area contributed by atoms with E-state index in [1.807, 2.05) is 18.2 Å². The van der Waals surface area contributed by atoms with Gasteiger partial charge in [0.25, 0.3) is 0 Å². The quantitative estimate of drug-likeness (QED) is 0.574. The molecule has 1 atom stereocenters. The molecule has 9 nitrogen and oxygen atoms in total. The van der Waals surface area contributed by atoms with Crippen LogP contribution < -0.4 is 15.5 Å². The van der Waals surface area contributed by atoms with E-state index in [2.05, 4.69) is 35.5 Å². The Kier molecular flexibility index (Phi) is 6.18. The van der Waals surface area contributed by atoms with Crippen molar-refractivity contribution >= 4 is 17.3 Å². The van der Waals surface area contributed by atoms with Crippen LogP contribution in [0.4, 0.5) is 30.5 Å². The van der Waals surface area contributed by atoms with Crippen molar-refractivity contribution in [3.05, 3.63) is 48.9 Å². The summed E-state index contributed by atoms with van der Waals surface area (Å²) < 4.78 is 38.7. The molecule has 0 radical (unpaired) electrons. The second-order valence-corrected chi connectivity index (χ2v) is 7.32. The molecular weight excluding hydrogens is 423 g/mol. The maximum Gasteiger partial charge on any atom is 0.390 e. The van der Waals surface area contributed by atoms with Gasteiger partial charge >= 0.3 is 6.18 Å². The standard InChI is InChI=1S/C20H20F3N9/c21-20(22,23)4-5-25-14-3-6-31(11-14)16-1-2-19(28-9-16)32-12-18(29-13-32)30-17-10-26-15(7-24)8-27-17/h1-2,8-10,12-14,25H,3-6,11H2,(H,27,30)/t14-/m1/s1. The van der Waals surface area contributed by atoms with Crippen LogP contribution in [0.1, 0.15) is 18.5 Å². The zero-order valence-corrected chi connectivity index (χ0v) is 16.9. The number of nitrogens with zero attached hydrogens (tertiary/aromatic N) is 7. The van der Waals surface area contributed by atoms with Crippen molar-refractivity contribution in [3.63, 3.8) is 0 Å². The molecule has 1 aliphatic heterocycles. The highest BCUT2D eigenvalue weighted by Crippen LogP contribution is 2.22. The van der Waals surface area contributed by atoms with E-state index in [9.17, 15) is 13.2 Å².